The third kappa shape index (κ3) is 13.7. The Bertz CT molecular complexity index is 6110. The Labute approximate surface area is 757 Å². The molecular weight excluding hydrogens is 1780 g/mol. The van der Waals surface area contributed by atoms with Crippen LogP contribution in [-0.2, 0) is 74.3 Å². The first-order chi connectivity index (χ1) is 60.0. The molecule has 4 saturated carbocycles. The van der Waals surface area contributed by atoms with Crippen LogP contribution in [0.5, 0.6) is 23.0 Å². The zero-order chi connectivity index (χ0) is 97.3. The number of likely N-dealkylation sites (N-methyl/N-ethyl adjacent to an activating group) is 4. The second kappa shape index (κ2) is 33.8. The van der Waals surface area contributed by atoms with E-state index in [0.29, 0.717) is 5.56 Å². The molecule has 0 aromatic heterocycles. The molecule has 44 nitrogen and oxygen atoms in total. The van der Waals surface area contributed by atoms with Crippen LogP contribution < -0.4 is 22.9 Å². The van der Waals surface area contributed by atoms with Crippen molar-refractivity contribution < 1.29 is 181 Å². The van der Waals surface area contributed by atoms with E-state index in [1.165, 1.54) is 151 Å². The molecule has 4 fully saturated rings. The van der Waals surface area contributed by atoms with Crippen LogP contribution in [0.4, 0.5) is 0 Å². The van der Waals surface area contributed by atoms with Gasteiger partial charge in [0, 0.05) is 56.9 Å². The number of benzene rings is 4. The number of primary amides is 4. The Hall–Kier alpha value is -12.7. The number of ketones is 8. The van der Waals surface area contributed by atoms with Crippen molar-refractivity contribution in [3.63, 3.8) is 0 Å². The van der Waals surface area contributed by atoms with Crippen molar-refractivity contribution in [2.45, 2.75) is 122 Å². The van der Waals surface area contributed by atoms with E-state index in [1.807, 2.05) is 0 Å². The van der Waals surface area contributed by atoms with Crippen LogP contribution >= 0.6 is 11.6 Å². The minimum atomic E-state index is -3.02. The number of nitrogens with two attached hydrogens (primary N) is 4. The SMILES string of the molecule is CN(C)[C@@H]1C(=O)C(C(N)=O)=C(O)[C@@]2(O)C(=O)C3=C(O)c4c(O)ccc(Cl)c4[C@@](C)(O)[C@H]3C[C@@H]12.CN(C)[C@@H]1C(=O)C(C(N)=O)=C(O)[C@@]2(O)C(=O)C3=C(O)c4c(O)cccc4[C@@](C)(O)[C@H]3C[C@@H]12.CN(C)[C@@H]1C(=O)C(C(N)=O)=C(O)[C@@]2(O)C(=O)C3=C(O)c4c(O)cccc4[C@@](C)(O)[C@H]3[C@H](O)[C@@H]12.C[C@H]1c2cccc(O)c2C(O)=C2C(=O)[C@]3(O)C(O)=C(C(N)=O)C(=O)[C@@H](N(C)C)[C@@H]3[C@@H](O)[C@@H]21.O.O.O. The lowest BCUT2D eigenvalue weighted by molar-refractivity contribution is -0.181. The molecule has 4 aromatic rings. The highest BCUT2D eigenvalue weighted by molar-refractivity contribution is 6.32. The van der Waals surface area contributed by atoms with Gasteiger partial charge in [0.1, 0.15) is 91.4 Å². The van der Waals surface area contributed by atoms with Crippen LogP contribution in [0.15, 0.2) is 134 Å². The molecule has 0 aliphatic heterocycles. The van der Waals surface area contributed by atoms with E-state index in [2.05, 4.69) is 0 Å². The van der Waals surface area contributed by atoms with Gasteiger partial charge in [-0.1, -0.05) is 54.9 Å². The minimum Gasteiger partial charge on any atom is -0.508 e. The number of nitrogens with zero attached hydrogens (tertiary/aromatic N) is 4. The zero-order valence-electron chi connectivity index (χ0n) is 72.7. The van der Waals surface area contributed by atoms with Gasteiger partial charge in [-0.3, -0.25) is 77.1 Å². The second-order valence-corrected chi connectivity index (χ2v) is 36.3. The van der Waals surface area contributed by atoms with Gasteiger partial charge in [-0.2, -0.15) is 0 Å². The third-order valence-electron chi connectivity index (χ3n) is 28.1. The number of rotatable bonds is 8. The van der Waals surface area contributed by atoms with Gasteiger partial charge < -0.3 is 147 Å². The number of phenolic OH excluding ortho intramolecular Hbond substituents is 4. The second-order valence-electron chi connectivity index (χ2n) is 35.9. The lowest BCUT2D eigenvalue weighted by Gasteiger charge is -2.55. The largest absolute Gasteiger partial charge is 0.508 e. The summed E-state index contributed by atoms with van der Waals surface area (Å²) in [5.74, 6) is -34.7. The normalized spacial score (nSPS) is 33.8. The van der Waals surface area contributed by atoms with Crippen LogP contribution in [0, 0.1) is 47.3 Å². The highest BCUT2D eigenvalue weighted by atomic mass is 35.5. The summed E-state index contributed by atoms with van der Waals surface area (Å²) in [6.07, 6.45) is -3.92. The van der Waals surface area contributed by atoms with Gasteiger partial charge in [-0.05, 0) is 143 Å². The summed E-state index contributed by atoms with van der Waals surface area (Å²) in [6, 6.07) is 9.89. The fourth-order valence-electron chi connectivity index (χ4n) is 22.3. The van der Waals surface area contributed by atoms with Gasteiger partial charge in [-0.25, -0.2) is 0 Å². The number of carbonyl (C=O) groups is 12. The number of phenols is 4. The molecule has 133 heavy (non-hydrogen) atoms. The molecule has 0 heterocycles. The van der Waals surface area contributed by atoms with E-state index >= 15 is 0 Å². The standard InChI is InChI=1S/C22H23ClN2O8.C22H24N2O9.2C22H24N2O8.3H2O/c1-21(32)7-6-8-15(25(2)3)17(28)13(20(24)31)19(30)22(8,33)18(29)11(7)16(27)12-10(26)5-4-9(23)14(12)21;1-21(32)7-5-4-6-8(25)9(7)15(26)10-12(21)17(28)13-14(24(2)3)16(27)11(20(23)31)19(30)22(13,33)18(10)29;1-21(31)8-5-4-6-11(25)12(8)16(26)13-9(21)7-10-15(24(2)3)17(27)14(20(23)30)19(29)22(10,32)18(13)28;1-7-8-5-4-6-9(25)11(8)16(26)12-10(7)17(27)14-15(24(2)3)18(28)13(21(23)31)20(30)22(14,32)19(12)29;;;/h4-5,7-8,15,26-27,30,32-33H,6H2,1-3H3,(H2,24,31);4-6,12-14,17,25-26,28,30,32-33H,1-3H3,(H2,23,31);4-6,9-10,15,25-26,29,31-32H,7H2,1-3H3,(H2,23,30);4-7,10,14-15,17,25-27,30,32H,1-3H3,(H2,23,31);3*1H2/t7-,8-,15-,21-,22-;12-,13-,14+,17+,21-,22+;9-,10-,15-,21+,22-;7-,10+,14+,15-,17-,22-;;;/m0100.../s1. The molecule has 35 N–H and O–H groups in total. The number of amides is 4. The van der Waals surface area contributed by atoms with Crippen molar-refractivity contribution in [3.05, 3.63) is 184 Å². The van der Waals surface area contributed by atoms with Gasteiger partial charge in [0.25, 0.3) is 23.6 Å². The average Bonchev–Trinajstić information content (AvgIpc) is 0.687. The molecule has 0 bridgehead atoms. The molecule has 16 rings (SSSR count). The van der Waals surface area contributed by atoms with E-state index < -0.39 is 307 Å². The summed E-state index contributed by atoms with van der Waals surface area (Å²) in [7, 11) is 11.7. The molecule has 0 unspecified atom stereocenters. The van der Waals surface area contributed by atoms with Crippen LogP contribution in [0.2, 0.25) is 5.02 Å². The molecular formula is C88H101ClN8O36. The van der Waals surface area contributed by atoms with Gasteiger partial charge in [0.05, 0.1) is 98.8 Å². The number of carbonyl (C=O) groups excluding carboxylic acids is 12. The molecule has 716 valence electrons. The lowest BCUT2D eigenvalue weighted by Crippen LogP contribution is -2.71. The van der Waals surface area contributed by atoms with Gasteiger partial charge in [0.15, 0.2) is 45.5 Å². The van der Waals surface area contributed by atoms with Gasteiger partial charge in [-0.15, -0.1) is 0 Å². The summed E-state index contributed by atoms with van der Waals surface area (Å²) in [6.45, 7) is 5.67. The Balaban J connectivity index is 0.000000182. The van der Waals surface area contributed by atoms with E-state index in [-0.39, 0.29) is 79.0 Å². The van der Waals surface area contributed by atoms with E-state index in [9.17, 15) is 165 Å². The van der Waals surface area contributed by atoms with Crippen molar-refractivity contribution in [2.75, 3.05) is 56.4 Å². The first-order valence-corrected chi connectivity index (χ1v) is 40.5. The molecule has 4 amide bonds. The van der Waals surface area contributed by atoms with Crippen LogP contribution in [0.25, 0.3) is 23.0 Å². The quantitative estimate of drug-likeness (QED) is 0.0740. The van der Waals surface area contributed by atoms with E-state index in [1.54, 1.807) is 19.1 Å². The first kappa shape index (κ1) is 102. The van der Waals surface area contributed by atoms with Crippen molar-refractivity contribution in [1.29, 1.82) is 0 Å². The van der Waals surface area contributed by atoms with Gasteiger partial charge >= 0.3 is 0 Å². The number of Topliss-reactive ketones (excluding diaryl/α,β-unsaturated/α-hetero) is 8. The average molecular weight is 1880 g/mol. The fourth-order valence-corrected chi connectivity index (χ4v) is 22.6. The Morgan fingerprint density at radius 1 is 0.376 bits per heavy atom. The smallest absolute Gasteiger partial charge is 0.255 e. The number of hydrogen-bond donors (Lipinski definition) is 25. The molecule has 0 spiro atoms. The number of aliphatic hydroxyl groups is 17. The fraction of sp³-hybridized carbons (Fsp3) is 0.409. The summed E-state index contributed by atoms with van der Waals surface area (Å²) in [4.78, 5) is 160. The highest BCUT2D eigenvalue weighted by Gasteiger charge is 2.74. The molecule has 0 saturated heterocycles. The van der Waals surface area contributed by atoms with Crippen molar-refractivity contribution >= 4 is 105 Å². The van der Waals surface area contributed by atoms with Gasteiger partial charge in [0.2, 0.25) is 23.1 Å². The molecule has 12 aliphatic rings. The molecule has 22 atom stereocenters. The van der Waals surface area contributed by atoms with E-state index in [0.717, 1.165) is 0 Å². The minimum absolute atomic E-state index is 0. The molecule has 45 heteroatoms. The molecule has 4 aromatic carbocycles. The summed E-state index contributed by atoms with van der Waals surface area (Å²) in [5, 5.41) is 231. The topological polar surface area (TPSA) is 841 Å². The molecule has 0 radical (unpaired) electrons. The predicted octanol–water partition coefficient (Wildman–Crippen LogP) is -4.47. The van der Waals surface area contributed by atoms with Crippen molar-refractivity contribution in [1.82, 2.24) is 19.6 Å². The Kier molecular flexibility index (Phi) is 26.0. The monoisotopic (exact) mass is 1880 g/mol. The number of aromatic hydroxyl groups is 4. The summed E-state index contributed by atoms with van der Waals surface area (Å²) in [5.41, 5.74) is -1.96. The number of aliphatic hydroxyl groups excluding tert-OH is 10. The highest BCUT2D eigenvalue weighted by Crippen LogP contribution is 2.64. The maximum absolute atomic E-state index is 13.7. The van der Waals surface area contributed by atoms with Crippen molar-refractivity contribution in [2.24, 2.45) is 70.3 Å². The molecule has 12 aliphatic carbocycles. The van der Waals surface area contributed by atoms with Crippen LogP contribution in [0.3, 0.4) is 0 Å². The number of hydrogen-bond acceptors (Lipinski definition) is 37. The number of fused-ring (bicyclic) bond motifs is 12. The Morgan fingerprint density at radius 2 is 0.677 bits per heavy atom. The summed E-state index contributed by atoms with van der Waals surface area (Å²) >= 11 is 6.28. The third-order valence-corrected chi connectivity index (χ3v) is 28.4. The summed E-state index contributed by atoms with van der Waals surface area (Å²) < 4.78 is 0. The zero-order valence-corrected chi connectivity index (χ0v) is 73.4. The maximum Gasteiger partial charge on any atom is 0.255 e. The van der Waals surface area contributed by atoms with Crippen LogP contribution in [0.1, 0.15) is 91.0 Å². The van der Waals surface area contributed by atoms with E-state index in [4.69, 9.17) is 34.5 Å². The first-order valence-electron chi connectivity index (χ1n) is 40.1. The predicted molar refractivity (Wildman–Crippen MR) is 458 cm³/mol. The lowest BCUT2D eigenvalue weighted by atomic mass is 9.53. The Morgan fingerprint density at radius 3 is 1.06 bits per heavy atom. The number of halogens is 1. The van der Waals surface area contributed by atoms with Crippen LogP contribution in [-0.4, -0.2) is 328 Å². The maximum atomic E-state index is 13.7. The van der Waals surface area contributed by atoms with Crippen molar-refractivity contribution in [3.8, 4) is 23.0 Å².